The van der Waals surface area contributed by atoms with Crippen molar-refractivity contribution in [2.24, 2.45) is 0 Å². The van der Waals surface area contributed by atoms with E-state index in [-0.39, 0.29) is 0 Å². The molecule has 0 saturated heterocycles. The summed E-state index contributed by atoms with van der Waals surface area (Å²) in [7, 11) is 2.17. The van der Waals surface area contributed by atoms with E-state index in [4.69, 9.17) is 0 Å². The summed E-state index contributed by atoms with van der Waals surface area (Å²) in [5.74, 6) is 0. The Bertz CT molecular complexity index is 348. The van der Waals surface area contributed by atoms with E-state index in [9.17, 15) is 0 Å². The Labute approximate surface area is 113 Å². The lowest BCUT2D eigenvalue weighted by Crippen LogP contribution is -2.09. The van der Waals surface area contributed by atoms with Gasteiger partial charge in [0.2, 0.25) is 0 Å². The second kappa shape index (κ2) is 8.91. The lowest BCUT2D eigenvalue weighted by atomic mass is 10.1. The fourth-order valence-electron chi connectivity index (χ4n) is 2.11. The van der Waals surface area contributed by atoms with E-state index in [2.05, 4.69) is 56.0 Å². The molecule has 0 N–H and O–H groups in total. The highest BCUT2D eigenvalue weighted by molar-refractivity contribution is 5.75. The minimum atomic E-state index is 1.17. The average Bonchev–Trinajstić information content (AvgIpc) is 2.36. The van der Waals surface area contributed by atoms with Crippen molar-refractivity contribution in [1.29, 1.82) is 0 Å². The van der Waals surface area contributed by atoms with Crippen LogP contribution < -0.4 is 0 Å². The zero-order valence-electron chi connectivity index (χ0n) is 12.3. The molecule has 1 nitrogen and oxygen atoms in total. The Morgan fingerprint density at radius 1 is 0.944 bits per heavy atom. The summed E-state index contributed by atoms with van der Waals surface area (Å²) in [6.07, 6.45) is 10.4. The summed E-state index contributed by atoms with van der Waals surface area (Å²) in [6, 6.07) is 8.72. The maximum absolute atomic E-state index is 2.31. The predicted molar refractivity (Wildman–Crippen MR) is 80.8 cm³/mol. The van der Waals surface area contributed by atoms with Crippen LogP contribution in [0.2, 0.25) is 0 Å². The van der Waals surface area contributed by atoms with Crippen LogP contribution >= 0.6 is 0 Å². The molecule has 1 heteroatoms. The first-order valence-corrected chi connectivity index (χ1v) is 7.34. The molecule has 0 radical (unpaired) electrons. The number of unbranched alkanes of at least 4 members (excludes halogenated alkanes) is 5. The number of benzene rings is 1. The minimum Gasteiger partial charge on any atom is -0.238 e. The van der Waals surface area contributed by atoms with Gasteiger partial charge in [-0.3, -0.25) is 0 Å². The van der Waals surface area contributed by atoms with Crippen molar-refractivity contribution in [3.63, 3.8) is 0 Å². The molecule has 0 atom stereocenters. The first kappa shape index (κ1) is 14.9. The third kappa shape index (κ3) is 6.58. The van der Waals surface area contributed by atoms with E-state index < -0.39 is 0 Å². The molecule has 0 saturated carbocycles. The first-order valence-electron chi connectivity index (χ1n) is 7.34. The van der Waals surface area contributed by atoms with Crippen LogP contribution in [0.15, 0.2) is 24.3 Å². The Morgan fingerprint density at radius 2 is 1.56 bits per heavy atom. The zero-order chi connectivity index (χ0) is 13.2. The smallest absolute Gasteiger partial charge is 0.170 e. The molecule has 1 rings (SSSR count). The Morgan fingerprint density at radius 3 is 2.22 bits per heavy atom. The van der Waals surface area contributed by atoms with Gasteiger partial charge in [-0.2, -0.15) is 0 Å². The molecule has 100 valence electrons. The molecule has 0 heterocycles. The van der Waals surface area contributed by atoms with Gasteiger partial charge in [-0.1, -0.05) is 50.3 Å². The topological polar surface area (TPSA) is 3.01 Å². The number of rotatable bonds is 8. The number of hydrogen-bond donors (Lipinski definition) is 0. The SMILES string of the molecule is CCCCCCCC[N+](C)=Cc1ccc(C)cc1. The summed E-state index contributed by atoms with van der Waals surface area (Å²) < 4.78 is 2.31. The van der Waals surface area contributed by atoms with Gasteiger partial charge in [0.05, 0.1) is 0 Å². The second-order valence-electron chi connectivity index (χ2n) is 5.29. The van der Waals surface area contributed by atoms with Gasteiger partial charge in [0.1, 0.15) is 13.6 Å². The summed E-state index contributed by atoms with van der Waals surface area (Å²) in [4.78, 5) is 0. The van der Waals surface area contributed by atoms with Gasteiger partial charge >= 0.3 is 0 Å². The molecule has 0 fully saturated rings. The predicted octanol–water partition coefficient (Wildman–Crippen LogP) is 4.42. The molecular formula is C17H28N+. The molecule has 0 aliphatic carbocycles. The van der Waals surface area contributed by atoms with E-state index in [1.165, 1.54) is 56.2 Å². The van der Waals surface area contributed by atoms with Crippen molar-refractivity contribution in [2.45, 2.75) is 52.4 Å². The minimum absolute atomic E-state index is 1.17. The van der Waals surface area contributed by atoms with E-state index in [1.807, 2.05) is 0 Å². The normalized spacial score (nSPS) is 11.8. The van der Waals surface area contributed by atoms with Crippen molar-refractivity contribution >= 4 is 6.21 Å². The van der Waals surface area contributed by atoms with Crippen LogP contribution in [0.5, 0.6) is 0 Å². The molecule has 1 aromatic rings. The average molecular weight is 246 g/mol. The quantitative estimate of drug-likeness (QED) is 0.363. The third-order valence-electron chi connectivity index (χ3n) is 3.31. The van der Waals surface area contributed by atoms with Crippen LogP contribution in [0.4, 0.5) is 0 Å². The largest absolute Gasteiger partial charge is 0.238 e. The molecule has 0 spiro atoms. The van der Waals surface area contributed by atoms with Crippen molar-refractivity contribution < 1.29 is 4.58 Å². The van der Waals surface area contributed by atoms with Gasteiger partial charge in [0, 0.05) is 12.0 Å². The van der Waals surface area contributed by atoms with Gasteiger partial charge in [0.25, 0.3) is 0 Å². The molecular weight excluding hydrogens is 218 g/mol. The highest BCUT2D eigenvalue weighted by atomic mass is 14.9. The third-order valence-corrected chi connectivity index (χ3v) is 3.31. The molecule has 0 aliphatic heterocycles. The van der Waals surface area contributed by atoms with Crippen LogP contribution in [0.3, 0.4) is 0 Å². The molecule has 0 aliphatic rings. The second-order valence-corrected chi connectivity index (χ2v) is 5.29. The van der Waals surface area contributed by atoms with E-state index in [0.717, 1.165) is 0 Å². The summed E-state index contributed by atoms with van der Waals surface area (Å²) in [6.45, 7) is 5.56. The lowest BCUT2D eigenvalue weighted by Gasteiger charge is -2.00. The molecule has 18 heavy (non-hydrogen) atoms. The van der Waals surface area contributed by atoms with Gasteiger partial charge in [-0.25, -0.2) is 4.58 Å². The summed E-state index contributed by atoms with van der Waals surface area (Å²) in [5, 5.41) is 0. The fourth-order valence-corrected chi connectivity index (χ4v) is 2.11. The van der Waals surface area contributed by atoms with Crippen LogP contribution in [0, 0.1) is 6.92 Å². The molecule has 0 aromatic heterocycles. The van der Waals surface area contributed by atoms with Crippen LogP contribution in [-0.2, 0) is 0 Å². The van der Waals surface area contributed by atoms with Crippen LogP contribution in [0.1, 0.15) is 56.6 Å². The van der Waals surface area contributed by atoms with Crippen molar-refractivity contribution in [2.75, 3.05) is 13.6 Å². The first-order chi connectivity index (χ1) is 8.72. The Hall–Kier alpha value is -1.11. The molecule has 0 amide bonds. The van der Waals surface area contributed by atoms with Crippen LogP contribution in [-0.4, -0.2) is 24.4 Å². The Kier molecular flexibility index (Phi) is 7.40. The van der Waals surface area contributed by atoms with Gasteiger partial charge in [-0.05, 0) is 25.5 Å². The molecule has 0 bridgehead atoms. The number of nitrogens with zero attached hydrogens (tertiary/aromatic N) is 1. The maximum Gasteiger partial charge on any atom is 0.170 e. The van der Waals surface area contributed by atoms with Gasteiger partial charge in [-0.15, -0.1) is 0 Å². The van der Waals surface area contributed by atoms with Crippen molar-refractivity contribution in [1.82, 2.24) is 0 Å². The van der Waals surface area contributed by atoms with E-state index >= 15 is 0 Å². The van der Waals surface area contributed by atoms with E-state index in [0.29, 0.717) is 0 Å². The highest BCUT2D eigenvalue weighted by Gasteiger charge is 1.98. The van der Waals surface area contributed by atoms with E-state index in [1.54, 1.807) is 0 Å². The molecule has 1 aromatic carbocycles. The summed E-state index contributed by atoms with van der Waals surface area (Å²) >= 11 is 0. The number of hydrogen-bond acceptors (Lipinski definition) is 0. The van der Waals surface area contributed by atoms with Crippen molar-refractivity contribution in [3.8, 4) is 0 Å². The zero-order valence-corrected chi connectivity index (χ0v) is 12.3. The maximum atomic E-state index is 2.31. The number of aryl methyl sites for hydroxylation is 1. The lowest BCUT2D eigenvalue weighted by molar-refractivity contribution is -0.492. The van der Waals surface area contributed by atoms with Gasteiger partial charge in [0.15, 0.2) is 6.21 Å². The molecule has 0 unspecified atom stereocenters. The summed E-state index contributed by atoms with van der Waals surface area (Å²) in [5.41, 5.74) is 2.62. The highest BCUT2D eigenvalue weighted by Crippen LogP contribution is 2.05. The van der Waals surface area contributed by atoms with Crippen molar-refractivity contribution in [3.05, 3.63) is 35.4 Å². The fraction of sp³-hybridized carbons (Fsp3) is 0.588. The standard InChI is InChI=1S/C17H28N/c1-4-5-6-7-8-9-14-18(3)15-17-12-10-16(2)11-13-17/h10-13,15H,4-9,14H2,1-3H3/q+1. The van der Waals surface area contributed by atoms with Gasteiger partial charge < -0.3 is 0 Å². The monoisotopic (exact) mass is 246 g/mol. The Balaban J connectivity index is 2.23. The van der Waals surface area contributed by atoms with Crippen LogP contribution in [0.25, 0.3) is 0 Å².